The monoisotopic (exact) mass is 240 g/mol. The molecule has 0 spiro atoms. The number of carbonyl (C=O) groups is 2. The van der Waals surface area contributed by atoms with Crippen molar-refractivity contribution in [3.63, 3.8) is 0 Å². The molecule has 88 valence electrons. The number of nitrogens with two attached hydrogens (primary N) is 1. The van der Waals surface area contributed by atoms with E-state index in [0.717, 1.165) is 19.3 Å². The van der Waals surface area contributed by atoms with Gasteiger partial charge in [-0.1, -0.05) is 12.2 Å². The smallest absolute Gasteiger partial charge is 0.232 e. The molecule has 2 unspecified atom stereocenters. The van der Waals surface area contributed by atoms with Crippen LogP contribution in [0.4, 0.5) is 0 Å². The maximum Gasteiger partial charge on any atom is 0.232 e. The first-order valence-electron chi connectivity index (χ1n) is 5.73. The Morgan fingerprint density at radius 2 is 1.88 bits per heavy atom. The van der Waals surface area contributed by atoms with Crippen LogP contribution in [-0.4, -0.2) is 28.2 Å². The molecule has 1 saturated heterocycles. The Hall–Kier alpha value is -0.970. The second kappa shape index (κ2) is 4.49. The lowest BCUT2D eigenvalue weighted by molar-refractivity contribution is -0.152. The number of amides is 2. The van der Waals surface area contributed by atoms with Crippen LogP contribution < -0.4 is 5.73 Å². The maximum absolute atomic E-state index is 11.9. The molecule has 1 aliphatic heterocycles. The van der Waals surface area contributed by atoms with Crippen molar-refractivity contribution in [3.8, 4) is 0 Å². The zero-order valence-electron chi connectivity index (χ0n) is 9.15. The molecule has 2 rings (SSSR count). The van der Waals surface area contributed by atoms with Crippen LogP contribution in [0.1, 0.15) is 32.1 Å². The fraction of sp³-hybridized carbons (Fsp3) is 0.727. The summed E-state index contributed by atoms with van der Waals surface area (Å²) in [5, 5.41) is 0. The number of carbonyl (C=O) groups excluding carboxylic acids is 2. The largest absolute Gasteiger partial charge is 0.393 e. The van der Waals surface area contributed by atoms with Crippen LogP contribution in [0.15, 0.2) is 0 Å². The fourth-order valence-corrected chi connectivity index (χ4v) is 2.76. The van der Waals surface area contributed by atoms with Gasteiger partial charge in [-0.2, -0.15) is 0 Å². The lowest BCUT2D eigenvalue weighted by Crippen LogP contribution is -2.46. The van der Waals surface area contributed by atoms with Gasteiger partial charge in [0.05, 0.1) is 4.99 Å². The quantitative estimate of drug-likeness (QED) is 0.584. The molecule has 1 heterocycles. The SMILES string of the molecule is NC(=S)CCCN1C(=O)C2CCC(C2)C1=O. The molecule has 2 amide bonds. The van der Waals surface area contributed by atoms with Crippen molar-refractivity contribution in [2.75, 3.05) is 6.54 Å². The topological polar surface area (TPSA) is 63.4 Å². The number of likely N-dealkylation sites (tertiary alicyclic amines) is 1. The highest BCUT2D eigenvalue weighted by Crippen LogP contribution is 2.38. The summed E-state index contributed by atoms with van der Waals surface area (Å²) in [5.74, 6) is 0.212. The van der Waals surface area contributed by atoms with E-state index < -0.39 is 0 Å². The number of fused-ring (bicyclic) bond motifs is 2. The molecule has 0 aromatic rings. The highest BCUT2D eigenvalue weighted by atomic mass is 32.1. The molecule has 1 aliphatic carbocycles. The first kappa shape index (κ1) is 11.5. The molecule has 0 aromatic carbocycles. The van der Waals surface area contributed by atoms with Gasteiger partial charge in [-0.3, -0.25) is 14.5 Å². The summed E-state index contributed by atoms with van der Waals surface area (Å²) >= 11 is 4.77. The molecule has 5 heteroatoms. The number of nitrogens with zero attached hydrogens (tertiary/aromatic N) is 1. The third kappa shape index (κ3) is 2.09. The van der Waals surface area contributed by atoms with Gasteiger partial charge in [0.25, 0.3) is 0 Å². The number of hydrogen-bond acceptors (Lipinski definition) is 3. The van der Waals surface area contributed by atoms with Crippen LogP contribution >= 0.6 is 12.2 Å². The van der Waals surface area contributed by atoms with Crippen molar-refractivity contribution >= 4 is 29.0 Å². The summed E-state index contributed by atoms with van der Waals surface area (Å²) in [7, 11) is 0. The van der Waals surface area contributed by atoms with Crippen molar-refractivity contribution in [3.05, 3.63) is 0 Å². The summed E-state index contributed by atoms with van der Waals surface area (Å²) in [4.78, 5) is 25.7. The van der Waals surface area contributed by atoms with E-state index in [1.165, 1.54) is 4.90 Å². The summed E-state index contributed by atoms with van der Waals surface area (Å²) in [6.07, 6.45) is 3.81. The highest BCUT2D eigenvalue weighted by molar-refractivity contribution is 7.80. The van der Waals surface area contributed by atoms with Crippen LogP contribution in [0, 0.1) is 11.8 Å². The van der Waals surface area contributed by atoms with Gasteiger partial charge in [0.2, 0.25) is 11.8 Å². The Kier molecular flexibility index (Phi) is 3.23. The summed E-state index contributed by atoms with van der Waals surface area (Å²) < 4.78 is 0. The van der Waals surface area contributed by atoms with E-state index in [0.29, 0.717) is 24.4 Å². The Balaban J connectivity index is 1.95. The number of piperidine rings is 1. The zero-order chi connectivity index (χ0) is 11.7. The molecule has 2 fully saturated rings. The predicted molar refractivity (Wildman–Crippen MR) is 63.6 cm³/mol. The van der Waals surface area contributed by atoms with Crippen LogP contribution in [0.2, 0.25) is 0 Å². The second-order valence-corrected chi connectivity index (χ2v) is 5.13. The molecule has 2 aliphatic rings. The van der Waals surface area contributed by atoms with E-state index >= 15 is 0 Å². The van der Waals surface area contributed by atoms with E-state index in [2.05, 4.69) is 0 Å². The first-order valence-corrected chi connectivity index (χ1v) is 6.14. The summed E-state index contributed by atoms with van der Waals surface area (Å²) in [6.45, 7) is 0.474. The van der Waals surface area contributed by atoms with Gasteiger partial charge in [-0.25, -0.2) is 0 Å². The van der Waals surface area contributed by atoms with Gasteiger partial charge < -0.3 is 5.73 Å². The number of rotatable bonds is 4. The summed E-state index contributed by atoms with van der Waals surface area (Å²) in [6, 6.07) is 0. The van der Waals surface area contributed by atoms with Crippen LogP contribution in [0.25, 0.3) is 0 Å². The van der Waals surface area contributed by atoms with Crippen LogP contribution in [0.3, 0.4) is 0 Å². The molecular weight excluding hydrogens is 224 g/mol. The van der Waals surface area contributed by atoms with E-state index in [1.54, 1.807) is 0 Å². The van der Waals surface area contributed by atoms with Gasteiger partial charge in [0, 0.05) is 18.4 Å². The van der Waals surface area contributed by atoms with Gasteiger partial charge in [-0.15, -0.1) is 0 Å². The number of thiocarbonyl (C=S) groups is 1. The maximum atomic E-state index is 11.9. The highest BCUT2D eigenvalue weighted by Gasteiger charge is 2.44. The minimum absolute atomic E-state index is 0.0155. The lowest BCUT2D eigenvalue weighted by atomic mass is 9.97. The molecule has 2 bridgehead atoms. The van der Waals surface area contributed by atoms with Crippen molar-refractivity contribution in [2.45, 2.75) is 32.1 Å². The average Bonchev–Trinajstić information content (AvgIpc) is 2.67. The molecule has 2 N–H and O–H groups in total. The Morgan fingerprint density at radius 3 is 2.38 bits per heavy atom. The van der Waals surface area contributed by atoms with Crippen molar-refractivity contribution in [1.82, 2.24) is 4.90 Å². The van der Waals surface area contributed by atoms with Gasteiger partial charge in [0.15, 0.2) is 0 Å². The van der Waals surface area contributed by atoms with Gasteiger partial charge >= 0.3 is 0 Å². The standard InChI is InChI=1S/C11H16N2O2S/c12-9(16)2-1-5-13-10(14)7-3-4-8(6-7)11(13)15/h7-8H,1-6H2,(H2,12,16). The fourth-order valence-electron chi connectivity index (χ4n) is 2.61. The van der Waals surface area contributed by atoms with Crippen molar-refractivity contribution < 1.29 is 9.59 Å². The zero-order valence-corrected chi connectivity index (χ0v) is 9.96. The molecule has 1 saturated carbocycles. The average molecular weight is 240 g/mol. The Bertz CT molecular complexity index is 321. The molecule has 0 aromatic heterocycles. The minimum atomic E-state index is 0.0155. The van der Waals surface area contributed by atoms with Gasteiger partial charge in [0.1, 0.15) is 0 Å². The predicted octanol–water partition coefficient (Wildman–Crippen LogP) is 0.838. The lowest BCUT2D eigenvalue weighted by Gasteiger charge is -2.29. The van der Waals surface area contributed by atoms with Crippen molar-refractivity contribution in [2.24, 2.45) is 17.6 Å². The van der Waals surface area contributed by atoms with E-state index in [9.17, 15) is 9.59 Å². The van der Waals surface area contributed by atoms with Gasteiger partial charge in [-0.05, 0) is 32.1 Å². The first-order chi connectivity index (χ1) is 7.59. The summed E-state index contributed by atoms with van der Waals surface area (Å²) in [5.41, 5.74) is 5.39. The van der Waals surface area contributed by atoms with E-state index in [-0.39, 0.29) is 23.7 Å². The number of imide groups is 1. The third-order valence-electron chi connectivity index (χ3n) is 3.47. The second-order valence-electron chi connectivity index (χ2n) is 4.60. The molecule has 16 heavy (non-hydrogen) atoms. The molecule has 2 atom stereocenters. The normalized spacial score (nSPS) is 28.6. The number of hydrogen-bond donors (Lipinski definition) is 1. The molecule has 4 nitrogen and oxygen atoms in total. The Morgan fingerprint density at radius 1 is 1.31 bits per heavy atom. The van der Waals surface area contributed by atoms with Crippen molar-refractivity contribution in [1.29, 1.82) is 0 Å². The van der Waals surface area contributed by atoms with E-state index in [4.69, 9.17) is 18.0 Å². The third-order valence-corrected chi connectivity index (χ3v) is 3.67. The van der Waals surface area contributed by atoms with E-state index in [1.807, 2.05) is 0 Å². The van der Waals surface area contributed by atoms with Crippen LogP contribution in [0.5, 0.6) is 0 Å². The minimum Gasteiger partial charge on any atom is -0.393 e. The molecular formula is C11H16N2O2S. The van der Waals surface area contributed by atoms with Crippen LogP contribution in [-0.2, 0) is 9.59 Å². The Labute approximate surface area is 100 Å². The molecule has 0 radical (unpaired) electrons.